The summed E-state index contributed by atoms with van der Waals surface area (Å²) in [5, 5.41) is 0. The van der Waals surface area contributed by atoms with Crippen LogP contribution in [-0.4, -0.2) is 43.1 Å². The van der Waals surface area contributed by atoms with Gasteiger partial charge in [-0.2, -0.15) is 0 Å². The predicted molar refractivity (Wildman–Crippen MR) is 133 cm³/mol. The summed E-state index contributed by atoms with van der Waals surface area (Å²) in [4.78, 5) is 25.1. The van der Waals surface area contributed by atoms with E-state index in [9.17, 15) is 9.59 Å². The summed E-state index contributed by atoms with van der Waals surface area (Å²) >= 11 is 0. The summed E-state index contributed by atoms with van der Waals surface area (Å²) in [5.74, 6) is 0.952. The minimum absolute atomic E-state index is 0.0820. The molecule has 6 nitrogen and oxygen atoms in total. The molecule has 196 valence electrons. The Hall–Kier alpha value is -1.66. The number of hydrogen-bond acceptors (Lipinski definition) is 6. The van der Waals surface area contributed by atoms with Gasteiger partial charge in [0.2, 0.25) is 0 Å². The fourth-order valence-electron chi connectivity index (χ4n) is 6.19. The maximum atomic E-state index is 12.7. The molecule has 0 amide bonds. The first-order chi connectivity index (χ1) is 16.8. The molecule has 4 aliphatic rings. The summed E-state index contributed by atoms with van der Waals surface area (Å²) in [6.45, 7) is 9.16. The first-order valence-electron chi connectivity index (χ1n) is 13.9. The maximum absolute atomic E-state index is 12.7. The van der Waals surface area contributed by atoms with Gasteiger partial charge >= 0.3 is 11.9 Å². The smallest absolute Gasteiger partial charge is 0.308 e. The molecule has 0 bridgehead atoms. The van der Waals surface area contributed by atoms with Crippen LogP contribution >= 0.6 is 0 Å². The number of allylic oxidation sites excluding steroid dienone is 3. The molecule has 6 heteroatoms. The molecule has 1 unspecified atom stereocenters. The first kappa shape index (κ1) is 26.4. The summed E-state index contributed by atoms with van der Waals surface area (Å²) < 4.78 is 23.7. The zero-order valence-electron chi connectivity index (χ0n) is 21.9. The van der Waals surface area contributed by atoms with Gasteiger partial charge in [-0.25, -0.2) is 0 Å². The lowest BCUT2D eigenvalue weighted by Gasteiger charge is -2.43. The van der Waals surface area contributed by atoms with Crippen molar-refractivity contribution in [3.05, 3.63) is 23.8 Å². The molecule has 0 N–H and O–H groups in total. The van der Waals surface area contributed by atoms with Crippen LogP contribution in [0.15, 0.2) is 23.8 Å². The molecule has 4 rings (SSSR count). The number of hydrogen-bond donors (Lipinski definition) is 0. The van der Waals surface area contributed by atoms with Crippen LogP contribution in [-0.2, 0) is 28.5 Å². The highest BCUT2D eigenvalue weighted by Gasteiger charge is 2.42. The average molecular weight is 489 g/mol. The number of cyclic esters (lactones) is 1. The Morgan fingerprint density at radius 1 is 1.20 bits per heavy atom. The van der Waals surface area contributed by atoms with Crippen LogP contribution in [0.3, 0.4) is 0 Å². The van der Waals surface area contributed by atoms with Crippen LogP contribution in [0.4, 0.5) is 0 Å². The van der Waals surface area contributed by atoms with Gasteiger partial charge in [0.05, 0.1) is 18.4 Å². The zero-order valence-corrected chi connectivity index (χ0v) is 21.9. The van der Waals surface area contributed by atoms with E-state index in [0.717, 1.165) is 58.0 Å². The van der Waals surface area contributed by atoms with Crippen molar-refractivity contribution in [1.29, 1.82) is 0 Å². The molecule has 0 aromatic carbocycles. The molecule has 2 fully saturated rings. The number of fused-ring (bicyclic) bond motifs is 1. The van der Waals surface area contributed by atoms with Gasteiger partial charge in [-0.1, -0.05) is 45.9 Å². The lowest BCUT2D eigenvalue weighted by atomic mass is 9.65. The Bertz CT molecular complexity index is 797. The highest BCUT2D eigenvalue weighted by Crippen LogP contribution is 2.45. The molecule has 2 heterocycles. The molecular weight excluding hydrogens is 444 g/mol. The number of carbonyl (C=O) groups is 2. The molecule has 2 saturated heterocycles. The summed E-state index contributed by atoms with van der Waals surface area (Å²) in [7, 11) is 0. The topological polar surface area (TPSA) is 71.1 Å². The Morgan fingerprint density at radius 2 is 2.03 bits per heavy atom. The fourth-order valence-corrected chi connectivity index (χ4v) is 6.19. The van der Waals surface area contributed by atoms with Gasteiger partial charge in [-0.15, -0.1) is 0 Å². The highest BCUT2D eigenvalue weighted by atomic mass is 16.7. The molecule has 0 aromatic rings. The number of ether oxygens (including phenoxy) is 4. The van der Waals surface area contributed by atoms with Gasteiger partial charge in [-0.05, 0) is 68.3 Å². The first-order valence-corrected chi connectivity index (χ1v) is 13.9. The molecule has 9 atom stereocenters. The van der Waals surface area contributed by atoms with Crippen molar-refractivity contribution in [2.45, 2.75) is 110 Å². The Labute approximate surface area is 210 Å². The number of carbonyl (C=O) groups excluding carboxylic acids is 2. The molecule has 2 aliphatic carbocycles. The number of rotatable bonds is 8. The van der Waals surface area contributed by atoms with Crippen LogP contribution in [0.25, 0.3) is 0 Å². The van der Waals surface area contributed by atoms with Crippen LogP contribution < -0.4 is 0 Å². The second-order valence-corrected chi connectivity index (χ2v) is 11.3. The third-order valence-electron chi connectivity index (χ3n) is 8.40. The third kappa shape index (κ3) is 6.76. The van der Waals surface area contributed by atoms with E-state index in [2.05, 4.69) is 32.1 Å². The molecule has 0 aromatic heterocycles. The molecular formula is C29H44O6. The van der Waals surface area contributed by atoms with Crippen LogP contribution in [0.2, 0.25) is 0 Å². The lowest BCUT2D eigenvalue weighted by molar-refractivity contribution is -0.209. The minimum Gasteiger partial charge on any atom is -0.462 e. The van der Waals surface area contributed by atoms with E-state index >= 15 is 0 Å². The second kappa shape index (κ2) is 12.1. The van der Waals surface area contributed by atoms with E-state index in [1.54, 1.807) is 0 Å². The van der Waals surface area contributed by atoms with E-state index < -0.39 is 0 Å². The molecule has 35 heavy (non-hydrogen) atoms. The summed E-state index contributed by atoms with van der Waals surface area (Å²) in [6.07, 6.45) is 13.8. The van der Waals surface area contributed by atoms with Crippen LogP contribution in [0.1, 0.15) is 85.5 Å². The lowest BCUT2D eigenvalue weighted by Crippen LogP contribution is -2.42. The van der Waals surface area contributed by atoms with Gasteiger partial charge in [0, 0.05) is 18.9 Å². The third-order valence-corrected chi connectivity index (χ3v) is 8.40. The van der Waals surface area contributed by atoms with E-state index in [-0.39, 0.29) is 48.4 Å². The van der Waals surface area contributed by atoms with Crippen molar-refractivity contribution < 1.29 is 28.5 Å². The minimum atomic E-state index is -0.193. The molecule has 0 saturated carbocycles. The van der Waals surface area contributed by atoms with Gasteiger partial charge in [0.1, 0.15) is 12.2 Å². The summed E-state index contributed by atoms with van der Waals surface area (Å²) in [5.41, 5.74) is 1.30. The highest BCUT2D eigenvalue weighted by molar-refractivity contribution is 5.72. The normalized spacial score (nSPS) is 38.2. The van der Waals surface area contributed by atoms with Crippen molar-refractivity contribution in [3.8, 4) is 0 Å². The zero-order chi connectivity index (χ0) is 24.9. The van der Waals surface area contributed by atoms with Gasteiger partial charge in [0.15, 0.2) is 6.29 Å². The largest absolute Gasteiger partial charge is 0.462 e. The molecule has 0 spiro atoms. The van der Waals surface area contributed by atoms with Crippen molar-refractivity contribution in [3.63, 3.8) is 0 Å². The van der Waals surface area contributed by atoms with Crippen LogP contribution in [0.5, 0.6) is 0 Å². The quantitative estimate of drug-likeness (QED) is 0.405. The van der Waals surface area contributed by atoms with Crippen LogP contribution in [0, 0.1) is 29.6 Å². The Balaban J connectivity index is 1.41. The van der Waals surface area contributed by atoms with Crippen molar-refractivity contribution in [2.75, 3.05) is 6.61 Å². The van der Waals surface area contributed by atoms with E-state index in [4.69, 9.17) is 18.9 Å². The van der Waals surface area contributed by atoms with E-state index in [0.29, 0.717) is 24.2 Å². The Morgan fingerprint density at radius 3 is 2.77 bits per heavy atom. The monoisotopic (exact) mass is 488 g/mol. The van der Waals surface area contributed by atoms with Gasteiger partial charge < -0.3 is 18.9 Å². The molecule has 2 aliphatic heterocycles. The van der Waals surface area contributed by atoms with Crippen molar-refractivity contribution in [2.24, 2.45) is 29.6 Å². The average Bonchev–Trinajstić information content (AvgIpc) is 2.83. The van der Waals surface area contributed by atoms with E-state index in [1.165, 1.54) is 5.57 Å². The maximum Gasteiger partial charge on any atom is 0.308 e. The standard InChI is InChI=1S/C29H44O6/c1-5-19(3)29(31)35-25-15-18(2)14-21-10-9-20(4)24(28(21)25)12-11-22-16-23(17-26(30)33-22)34-27-8-6-7-13-32-27/h9-10,14,18-20,22-25,27-28H,5-8,11-13,15-17H2,1-4H3/t18-,19-,20-,22-,23+,24-,25-,27?,28-/m0/s1. The van der Waals surface area contributed by atoms with Gasteiger partial charge in [0.25, 0.3) is 0 Å². The van der Waals surface area contributed by atoms with Crippen molar-refractivity contribution in [1.82, 2.24) is 0 Å². The fraction of sp³-hybridized carbons (Fsp3) is 0.793. The summed E-state index contributed by atoms with van der Waals surface area (Å²) in [6, 6.07) is 0. The van der Waals surface area contributed by atoms with E-state index in [1.807, 2.05) is 13.8 Å². The Kier molecular flexibility index (Phi) is 9.09. The molecule has 0 radical (unpaired) electrons. The SMILES string of the molecule is CC[C@H](C)C(=O)O[C@H]1C[C@@H](C)C=C2C=C[C@H](C)[C@H](CC[C@H]3C[C@@H](OC4CCCCO4)CC(=O)O3)[C@H]21. The number of esters is 2. The van der Waals surface area contributed by atoms with Crippen molar-refractivity contribution >= 4 is 11.9 Å². The second-order valence-electron chi connectivity index (χ2n) is 11.3. The van der Waals surface area contributed by atoms with Gasteiger partial charge in [-0.3, -0.25) is 9.59 Å². The predicted octanol–water partition coefficient (Wildman–Crippen LogP) is 5.75.